The summed E-state index contributed by atoms with van der Waals surface area (Å²) in [4.78, 5) is 12.0. The van der Waals surface area contributed by atoms with Crippen LogP contribution in [0.5, 0.6) is 5.75 Å². The van der Waals surface area contributed by atoms with Gasteiger partial charge in [0.15, 0.2) is 0 Å². The van der Waals surface area contributed by atoms with Crippen molar-refractivity contribution in [3.8, 4) is 5.75 Å². The summed E-state index contributed by atoms with van der Waals surface area (Å²) in [6.07, 6.45) is 0. The molecule has 0 atom stereocenters. The Morgan fingerprint density at radius 1 is 1.21 bits per heavy atom. The quantitative estimate of drug-likeness (QED) is 0.658. The minimum Gasteiger partial charge on any atom is -0.486 e. The highest BCUT2D eigenvalue weighted by Gasteiger charge is 2.13. The van der Waals surface area contributed by atoms with E-state index in [1.807, 2.05) is 11.4 Å². The number of carboxylic acids is 1. The van der Waals surface area contributed by atoms with Crippen LogP contribution in [-0.4, -0.2) is 11.1 Å². The van der Waals surface area contributed by atoms with Gasteiger partial charge in [0.2, 0.25) is 0 Å². The van der Waals surface area contributed by atoms with Crippen molar-refractivity contribution >= 4 is 65.1 Å². The van der Waals surface area contributed by atoms with Crippen molar-refractivity contribution in [2.24, 2.45) is 0 Å². The maximum absolute atomic E-state index is 10.9. The maximum atomic E-state index is 10.9. The lowest BCUT2D eigenvalue weighted by Crippen LogP contribution is -1.99. The lowest BCUT2D eigenvalue weighted by molar-refractivity contribution is 0.0696. The molecule has 0 saturated carbocycles. The number of benzene rings is 1. The smallest absolute Gasteiger partial charge is 0.335 e. The van der Waals surface area contributed by atoms with E-state index in [1.54, 1.807) is 11.3 Å². The molecule has 1 aromatic heterocycles. The Labute approximate surface area is 139 Å². The molecule has 0 radical (unpaired) electrons. The molecular formula is C12H7Br3O3S. The van der Waals surface area contributed by atoms with Gasteiger partial charge in [-0.15, -0.1) is 11.3 Å². The maximum Gasteiger partial charge on any atom is 0.335 e. The zero-order valence-electron chi connectivity index (χ0n) is 9.32. The van der Waals surface area contributed by atoms with E-state index in [-0.39, 0.29) is 5.56 Å². The lowest BCUT2D eigenvalue weighted by atomic mass is 10.2. The molecule has 7 heteroatoms. The minimum atomic E-state index is -0.977. The van der Waals surface area contributed by atoms with Gasteiger partial charge >= 0.3 is 5.97 Å². The summed E-state index contributed by atoms with van der Waals surface area (Å²) >= 11 is 11.6. The summed E-state index contributed by atoms with van der Waals surface area (Å²) in [5.74, 6) is -0.385. The molecular weight excluding hydrogens is 464 g/mol. The molecule has 0 aliphatic carbocycles. The minimum absolute atomic E-state index is 0.199. The molecule has 0 spiro atoms. The van der Waals surface area contributed by atoms with Crippen molar-refractivity contribution in [3.05, 3.63) is 47.4 Å². The number of hydrogen-bond acceptors (Lipinski definition) is 3. The predicted molar refractivity (Wildman–Crippen MR) is 85.2 cm³/mol. The molecule has 2 rings (SSSR count). The second-order valence-corrected chi connectivity index (χ2v) is 7.21. The first-order chi connectivity index (χ1) is 8.97. The van der Waals surface area contributed by atoms with Gasteiger partial charge in [-0.1, -0.05) is 0 Å². The molecule has 100 valence electrons. The van der Waals surface area contributed by atoms with E-state index in [0.29, 0.717) is 21.3 Å². The molecule has 0 aliphatic rings. The Morgan fingerprint density at radius 2 is 1.84 bits per heavy atom. The van der Waals surface area contributed by atoms with Gasteiger partial charge < -0.3 is 9.84 Å². The van der Waals surface area contributed by atoms with E-state index in [0.717, 1.165) is 9.35 Å². The molecule has 0 saturated heterocycles. The molecule has 0 fully saturated rings. The van der Waals surface area contributed by atoms with Crippen LogP contribution < -0.4 is 4.74 Å². The normalized spacial score (nSPS) is 10.5. The molecule has 19 heavy (non-hydrogen) atoms. The van der Waals surface area contributed by atoms with Gasteiger partial charge in [0.1, 0.15) is 12.4 Å². The third-order valence-corrected chi connectivity index (χ3v) is 5.07. The Kier molecular flexibility index (Phi) is 5.05. The number of ether oxygens (including phenoxy) is 1. The van der Waals surface area contributed by atoms with E-state index >= 15 is 0 Å². The molecule has 1 aromatic carbocycles. The molecule has 0 aliphatic heterocycles. The van der Waals surface area contributed by atoms with Crippen molar-refractivity contribution in [2.45, 2.75) is 6.61 Å². The predicted octanol–water partition coefficient (Wildman–Crippen LogP) is 5.31. The second kappa shape index (κ2) is 6.39. The SMILES string of the molecule is O=C(O)c1cc(Br)c(OCc2cc(Br)cs2)c(Br)c1. The van der Waals surface area contributed by atoms with E-state index in [4.69, 9.17) is 9.84 Å². The van der Waals surface area contributed by atoms with Crippen molar-refractivity contribution in [1.82, 2.24) is 0 Å². The number of halogens is 3. The molecule has 0 bridgehead atoms. The summed E-state index contributed by atoms with van der Waals surface area (Å²) in [6.45, 7) is 0.430. The van der Waals surface area contributed by atoms with Crippen molar-refractivity contribution in [2.75, 3.05) is 0 Å². The van der Waals surface area contributed by atoms with Crippen molar-refractivity contribution in [1.29, 1.82) is 0 Å². The van der Waals surface area contributed by atoms with Crippen LogP contribution in [0.15, 0.2) is 37.0 Å². The van der Waals surface area contributed by atoms with Gasteiger partial charge in [-0.05, 0) is 66.0 Å². The zero-order valence-corrected chi connectivity index (χ0v) is 14.9. The Bertz CT molecular complexity index is 601. The molecule has 0 amide bonds. The summed E-state index contributed by atoms with van der Waals surface area (Å²) in [5.41, 5.74) is 0.199. The Hall–Kier alpha value is -0.370. The summed E-state index contributed by atoms with van der Waals surface area (Å²) in [7, 11) is 0. The van der Waals surface area contributed by atoms with Crippen LogP contribution in [0.2, 0.25) is 0 Å². The Morgan fingerprint density at radius 3 is 2.32 bits per heavy atom. The van der Waals surface area contributed by atoms with Gasteiger partial charge in [0, 0.05) is 14.7 Å². The Balaban J connectivity index is 2.18. The van der Waals surface area contributed by atoms with Crippen molar-refractivity contribution in [3.63, 3.8) is 0 Å². The molecule has 0 unspecified atom stereocenters. The van der Waals surface area contributed by atoms with Gasteiger partial charge in [-0.2, -0.15) is 0 Å². The zero-order chi connectivity index (χ0) is 14.0. The average molecular weight is 471 g/mol. The fourth-order valence-corrected chi connectivity index (χ4v) is 4.17. The van der Waals surface area contributed by atoms with Gasteiger partial charge in [0.05, 0.1) is 14.5 Å². The van der Waals surface area contributed by atoms with E-state index in [9.17, 15) is 4.79 Å². The topological polar surface area (TPSA) is 46.5 Å². The standard InChI is InChI=1S/C12H7Br3O3S/c13-7-3-8(19-5-7)4-18-11-9(14)1-6(12(16)17)2-10(11)15/h1-3,5H,4H2,(H,16,17). The van der Waals surface area contributed by atoms with Crippen molar-refractivity contribution < 1.29 is 14.6 Å². The van der Waals surface area contributed by atoms with E-state index < -0.39 is 5.97 Å². The number of aromatic carboxylic acids is 1. The molecule has 1 N–H and O–H groups in total. The summed E-state index contributed by atoms with van der Waals surface area (Å²) < 4.78 is 7.94. The fourth-order valence-electron chi connectivity index (χ4n) is 1.39. The number of thiophene rings is 1. The van der Waals surface area contributed by atoms with Crippen LogP contribution in [0, 0.1) is 0 Å². The second-order valence-electron chi connectivity index (χ2n) is 3.59. The first-order valence-corrected chi connectivity index (χ1v) is 8.31. The first-order valence-electron chi connectivity index (χ1n) is 5.05. The van der Waals surface area contributed by atoms with Crippen LogP contribution in [-0.2, 0) is 6.61 Å². The average Bonchev–Trinajstić information content (AvgIpc) is 2.73. The van der Waals surface area contributed by atoms with Gasteiger partial charge in [-0.3, -0.25) is 0 Å². The lowest BCUT2D eigenvalue weighted by Gasteiger charge is -2.10. The molecule has 3 nitrogen and oxygen atoms in total. The van der Waals surface area contributed by atoms with Crippen LogP contribution in [0.4, 0.5) is 0 Å². The number of rotatable bonds is 4. The van der Waals surface area contributed by atoms with E-state index in [1.165, 1.54) is 12.1 Å². The first kappa shape index (κ1) is 15.0. The third kappa shape index (κ3) is 3.81. The van der Waals surface area contributed by atoms with E-state index in [2.05, 4.69) is 47.8 Å². The number of carboxylic acid groups (broad SMARTS) is 1. The van der Waals surface area contributed by atoms with Crippen LogP contribution in [0.3, 0.4) is 0 Å². The third-order valence-electron chi connectivity index (χ3n) is 2.23. The summed E-state index contributed by atoms with van der Waals surface area (Å²) in [5, 5.41) is 10.9. The summed E-state index contributed by atoms with van der Waals surface area (Å²) in [6, 6.07) is 5.03. The highest BCUT2D eigenvalue weighted by Crippen LogP contribution is 2.35. The highest BCUT2D eigenvalue weighted by molar-refractivity contribution is 9.11. The monoisotopic (exact) mass is 468 g/mol. The van der Waals surface area contributed by atoms with Gasteiger partial charge in [-0.25, -0.2) is 4.79 Å². The van der Waals surface area contributed by atoms with Gasteiger partial charge in [0.25, 0.3) is 0 Å². The fraction of sp³-hybridized carbons (Fsp3) is 0.0833. The van der Waals surface area contributed by atoms with Crippen LogP contribution >= 0.6 is 59.1 Å². The highest BCUT2D eigenvalue weighted by atomic mass is 79.9. The molecule has 1 heterocycles. The largest absolute Gasteiger partial charge is 0.486 e. The number of hydrogen-bond donors (Lipinski definition) is 1. The molecule has 2 aromatic rings. The van der Waals surface area contributed by atoms with Crippen LogP contribution in [0.1, 0.15) is 15.2 Å². The van der Waals surface area contributed by atoms with Crippen LogP contribution in [0.25, 0.3) is 0 Å². The number of carbonyl (C=O) groups is 1.